The number of benzene rings is 2. The smallest absolute Gasteiger partial charge is 0.335 e. The Morgan fingerprint density at radius 3 is 2.47 bits per heavy atom. The SMILES string of the molecule is CC(C)(C)c1ccc(-c2noc(C[N+]3=C4C=CSC4C(=O)N(c4ccc(Cl)cc4)C3=O)n2)cc1. The first kappa shape index (κ1) is 22.6. The number of halogens is 1. The summed E-state index contributed by atoms with van der Waals surface area (Å²) >= 11 is 7.35. The van der Waals surface area contributed by atoms with Crippen LogP contribution in [0.15, 0.2) is 64.5 Å². The fourth-order valence-corrected chi connectivity index (χ4v) is 4.95. The molecule has 7 nitrogen and oxygen atoms in total. The summed E-state index contributed by atoms with van der Waals surface area (Å²) in [7, 11) is 0. The highest BCUT2D eigenvalue weighted by atomic mass is 35.5. The third-order valence-corrected chi connectivity index (χ3v) is 7.02. The lowest BCUT2D eigenvalue weighted by atomic mass is 9.87. The molecule has 0 bridgehead atoms. The van der Waals surface area contributed by atoms with Gasteiger partial charge in [0.1, 0.15) is 11.4 Å². The van der Waals surface area contributed by atoms with E-state index in [0.29, 0.717) is 22.2 Å². The van der Waals surface area contributed by atoms with E-state index in [2.05, 4.69) is 43.0 Å². The molecule has 2 aliphatic rings. The van der Waals surface area contributed by atoms with Gasteiger partial charge in [0.05, 0.1) is 0 Å². The van der Waals surface area contributed by atoms with Gasteiger partial charge in [0, 0.05) is 10.6 Å². The van der Waals surface area contributed by atoms with E-state index in [1.165, 1.54) is 26.8 Å². The molecule has 1 atom stereocenters. The number of hydrogen-bond acceptors (Lipinski definition) is 6. The van der Waals surface area contributed by atoms with E-state index < -0.39 is 11.3 Å². The molecule has 0 radical (unpaired) electrons. The van der Waals surface area contributed by atoms with Crippen LogP contribution >= 0.6 is 23.4 Å². The van der Waals surface area contributed by atoms with Crippen molar-refractivity contribution in [1.29, 1.82) is 0 Å². The average Bonchev–Trinajstić information content (AvgIpc) is 3.48. The van der Waals surface area contributed by atoms with E-state index in [9.17, 15) is 9.59 Å². The minimum Gasteiger partial charge on any atom is -0.335 e. The Hall–Kier alpha value is -3.23. The fourth-order valence-electron chi connectivity index (χ4n) is 3.88. The maximum absolute atomic E-state index is 13.4. The van der Waals surface area contributed by atoms with Crippen LogP contribution in [0.2, 0.25) is 5.02 Å². The maximum Gasteiger partial charge on any atom is 0.506 e. The van der Waals surface area contributed by atoms with Crippen LogP contribution in [0.25, 0.3) is 11.4 Å². The standard InChI is InChI=1S/C25H22ClN4O3S/c1-25(2,3)16-6-4-15(5-7-16)22-27-20(33-28-22)14-29-19-12-13-34-21(19)23(31)30(24(29)32)18-10-8-17(26)9-11-18/h4-13,21H,14H2,1-3H3/q+1. The number of thioether (sulfide) groups is 1. The molecule has 1 unspecified atom stereocenters. The molecule has 34 heavy (non-hydrogen) atoms. The molecule has 0 fully saturated rings. The normalized spacial score (nSPS) is 18.1. The third-order valence-electron chi connectivity index (χ3n) is 5.76. The molecule has 3 amide bonds. The van der Waals surface area contributed by atoms with Crippen LogP contribution in [-0.4, -0.2) is 37.6 Å². The van der Waals surface area contributed by atoms with Gasteiger partial charge in [-0.2, -0.15) is 14.4 Å². The highest BCUT2D eigenvalue weighted by molar-refractivity contribution is 8.04. The molecular formula is C25H22ClN4O3S+. The number of amides is 3. The Labute approximate surface area is 206 Å². The number of nitrogens with zero attached hydrogens (tertiary/aromatic N) is 4. The van der Waals surface area contributed by atoms with Crippen molar-refractivity contribution in [2.75, 3.05) is 4.90 Å². The van der Waals surface area contributed by atoms with E-state index in [1.54, 1.807) is 30.3 Å². The van der Waals surface area contributed by atoms with Crippen LogP contribution < -0.4 is 4.90 Å². The number of carbonyl (C=O) groups is 2. The molecular weight excluding hydrogens is 472 g/mol. The van der Waals surface area contributed by atoms with Crippen LogP contribution in [0.5, 0.6) is 0 Å². The number of aromatic nitrogens is 2. The van der Waals surface area contributed by atoms with Crippen LogP contribution in [0.3, 0.4) is 0 Å². The summed E-state index contributed by atoms with van der Waals surface area (Å²) in [4.78, 5) is 32.2. The van der Waals surface area contributed by atoms with Crippen molar-refractivity contribution in [3.05, 3.63) is 76.5 Å². The van der Waals surface area contributed by atoms with Crippen molar-refractivity contribution in [1.82, 2.24) is 10.1 Å². The molecule has 2 aliphatic heterocycles. The van der Waals surface area contributed by atoms with E-state index in [1.807, 2.05) is 17.5 Å². The van der Waals surface area contributed by atoms with Gasteiger partial charge >= 0.3 is 11.9 Å². The molecule has 0 saturated heterocycles. The van der Waals surface area contributed by atoms with Crippen molar-refractivity contribution < 1.29 is 18.7 Å². The highest BCUT2D eigenvalue weighted by Gasteiger charge is 2.50. The molecule has 0 N–H and O–H groups in total. The topological polar surface area (TPSA) is 79.3 Å². The minimum absolute atomic E-state index is 0.0452. The quantitative estimate of drug-likeness (QED) is 0.450. The third kappa shape index (κ3) is 4.08. The van der Waals surface area contributed by atoms with Crippen molar-refractivity contribution in [2.24, 2.45) is 0 Å². The van der Waals surface area contributed by atoms with Crippen molar-refractivity contribution in [2.45, 2.75) is 38.0 Å². The summed E-state index contributed by atoms with van der Waals surface area (Å²) in [5.74, 6) is 0.437. The van der Waals surface area contributed by atoms with Crippen LogP contribution in [0.1, 0.15) is 32.2 Å². The molecule has 0 aliphatic carbocycles. The Balaban J connectivity index is 1.44. The summed E-state index contributed by atoms with van der Waals surface area (Å²) in [5, 5.41) is 5.93. The van der Waals surface area contributed by atoms with Gasteiger partial charge < -0.3 is 4.52 Å². The van der Waals surface area contributed by atoms with Gasteiger partial charge in [0.15, 0.2) is 11.8 Å². The second-order valence-corrected chi connectivity index (χ2v) is 10.6. The number of imide groups is 1. The van der Waals surface area contributed by atoms with E-state index in [0.717, 1.165) is 5.56 Å². The number of hydrogen-bond donors (Lipinski definition) is 0. The monoisotopic (exact) mass is 493 g/mol. The molecule has 172 valence electrons. The Bertz CT molecular complexity index is 1340. The Kier molecular flexibility index (Phi) is 5.65. The van der Waals surface area contributed by atoms with Gasteiger partial charge in [-0.1, -0.05) is 61.8 Å². The second kappa shape index (κ2) is 8.52. The van der Waals surface area contributed by atoms with Crippen LogP contribution in [-0.2, 0) is 16.8 Å². The van der Waals surface area contributed by atoms with Gasteiger partial charge in [0.25, 0.3) is 5.89 Å². The van der Waals surface area contributed by atoms with Gasteiger partial charge in [-0.25, -0.2) is 4.79 Å². The molecule has 2 aromatic carbocycles. The lowest BCUT2D eigenvalue weighted by Crippen LogP contribution is -2.55. The lowest BCUT2D eigenvalue weighted by Gasteiger charge is -2.23. The molecule has 1 aromatic heterocycles. The average molecular weight is 494 g/mol. The van der Waals surface area contributed by atoms with Crippen LogP contribution in [0.4, 0.5) is 10.5 Å². The zero-order chi connectivity index (χ0) is 24.0. The number of fused-ring (bicyclic) bond motifs is 1. The largest absolute Gasteiger partial charge is 0.506 e. The number of rotatable bonds is 4. The van der Waals surface area contributed by atoms with Crippen LogP contribution in [0, 0.1) is 0 Å². The number of allylic oxidation sites excluding steroid dienone is 1. The summed E-state index contributed by atoms with van der Waals surface area (Å²) in [6.07, 6.45) is 1.78. The fraction of sp³-hybridized carbons (Fsp3) is 0.240. The molecule has 5 rings (SSSR count). The molecule has 0 spiro atoms. The van der Waals surface area contributed by atoms with Gasteiger partial charge in [-0.05, 0) is 46.7 Å². The zero-order valence-electron chi connectivity index (χ0n) is 18.9. The van der Waals surface area contributed by atoms with E-state index >= 15 is 0 Å². The van der Waals surface area contributed by atoms with E-state index in [-0.39, 0.29) is 23.8 Å². The van der Waals surface area contributed by atoms with Crippen molar-refractivity contribution in [3.8, 4) is 11.4 Å². The van der Waals surface area contributed by atoms with Gasteiger partial charge in [-0.15, -0.1) is 16.7 Å². The van der Waals surface area contributed by atoms with Gasteiger partial charge in [-0.3, -0.25) is 0 Å². The highest BCUT2D eigenvalue weighted by Crippen LogP contribution is 2.32. The first-order valence-electron chi connectivity index (χ1n) is 10.8. The Morgan fingerprint density at radius 2 is 1.79 bits per heavy atom. The molecule has 0 saturated carbocycles. The second-order valence-electron chi connectivity index (χ2n) is 9.10. The molecule has 3 heterocycles. The summed E-state index contributed by atoms with van der Waals surface area (Å²) in [5.41, 5.74) is 3.15. The first-order valence-corrected chi connectivity index (χ1v) is 12.1. The maximum atomic E-state index is 13.4. The number of carbonyl (C=O) groups excluding carboxylic acids is 2. The molecule has 9 heteroatoms. The zero-order valence-corrected chi connectivity index (χ0v) is 20.4. The summed E-state index contributed by atoms with van der Waals surface area (Å²) < 4.78 is 6.99. The summed E-state index contributed by atoms with van der Waals surface area (Å²) in [6, 6.07) is 14.2. The minimum atomic E-state index is -0.513. The van der Waals surface area contributed by atoms with E-state index in [4.69, 9.17) is 16.1 Å². The van der Waals surface area contributed by atoms with Crippen molar-refractivity contribution in [3.63, 3.8) is 0 Å². The summed E-state index contributed by atoms with van der Waals surface area (Å²) in [6.45, 7) is 6.52. The Morgan fingerprint density at radius 1 is 1.09 bits per heavy atom. The van der Waals surface area contributed by atoms with Gasteiger partial charge in [0.2, 0.25) is 5.82 Å². The lowest BCUT2D eigenvalue weighted by molar-refractivity contribution is -0.448. The molecule has 3 aromatic rings. The predicted octanol–water partition coefficient (Wildman–Crippen LogP) is 5.44. The number of anilines is 1. The number of urea groups is 1. The first-order chi connectivity index (χ1) is 16.2. The van der Waals surface area contributed by atoms with Crippen molar-refractivity contribution >= 4 is 46.7 Å². The predicted molar refractivity (Wildman–Crippen MR) is 132 cm³/mol.